The van der Waals surface area contributed by atoms with E-state index in [9.17, 15) is 15.0 Å². The van der Waals surface area contributed by atoms with Crippen LogP contribution in [0.15, 0.2) is 97.2 Å². The number of amides is 1. The lowest BCUT2D eigenvalue weighted by molar-refractivity contribution is -0.123. The quantitative estimate of drug-likeness (QED) is 0.0421. The first-order chi connectivity index (χ1) is 31.2. The normalized spacial score (nSPS) is 13.7. The monoisotopic (exact) mass is 874 g/mol. The summed E-state index contributed by atoms with van der Waals surface area (Å²) in [6.45, 7) is 4.19. The van der Waals surface area contributed by atoms with Gasteiger partial charge in [0, 0.05) is 6.42 Å². The lowest BCUT2D eigenvalue weighted by Crippen LogP contribution is -2.45. The molecule has 0 spiro atoms. The van der Waals surface area contributed by atoms with E-state index in [1.165, 1.54) is 154 Å². The van der Waals surface area contributed by atoms with Crippen LogP contribution in [-0.2, 0) is 4.79 Å². The Morgan fingerprint density at radius 3 is 1.11 bits per heavy atom. The van der Waals surface area contributed by atoms with Gasteiger partial charge in [0.05, 0.1) is 18.8 Å². The number of hydrogen-bond donors (Lipinski definition) is 3. The Morgan fingerprint density at radius 1 is 0.397 bits per heavy atom. The maximum atomic E-state index is 12.5. The summed E-state index contributed by atoms with van der Waals surface area (Å²) < 4.78 is 0. The summed E-state index contributed by atoms with van der Waals surface area (Å²) in [5, 5.41) is 23.1. The van der Waals surface area contributed by atoms with Gasteiger partial charge in [-0.3, -0.25) is 4.79 Å². The number of carbonyl (C=O) groups excluding carboxylic acids is 1. The predicted octanol–water partition coefficient (Wildman–Crippen LogP) is 17.7. The summed E-state index contributed by atoms with van der Waals surface area (Å²) in [6, 6.07) is -0.656. The summed E-state index contributed by atoms with van der Waals surface area (Å²) in [5.41, 5.74) is 0. The molecular weight excluding hydrogens is 771 g/mol. The van der Waals surface area contributed by atoms with Gasteiger partial charge in [0.1, 0.15) is 0 Å². The molecule has 1 amide bonds. The highest BCUT2D eigenvalue weighted by atomic mass is 16.3. The maximum absolute atomic E-state index is 12.5. The third kappa shape index (κ3) is 50.2. The van der Waals surface area contributed by atoms with Crippen LogP contribution in [0, 0.1) is 0 Å². The Bertz CT molecular complexity index is 1170. The van der Waals surface area contributed by atoms with E-state index < -0.39 is 12.1 Å². The standard InChI is InChI=1S/C59H103NO3/c1-3-5-7-9-11-13-15-17-19-21-23-25-27-29-31-32-34-36-38-40-42-44-46-48-50-52-54-58(62)57(56-61)60-59(63)55-53-51-49-47-45-43-41-39-37-35-33-30-28-26-24-22-20-18-16-14-12-10-8-6-4-2/h6,8,12,14,18,20,24,26,30,33,36,38,44,46,52,54,57-58,61-62H,3-5,7,9-11,13,15-17,19,21-23,25,27-29,31-32,34-35,37,39-43,45,47-51,53,55-56H2,1-2H3,(H,60,63)/b8-6-,14-12-,20-18-,26-24-,33-30-,38-36+,46-44+,54-52+. The van der Waals surface area contributed by atoms with Crippen molar-refractivity contribution in [3.8, 4) is 0 Å². The smallest absolute Gasteiger partial charge is 0.220 e. The van der Waals surface area contributed by atoms with Gasteiger partial charge in [-0.1, -0.05) is 252 Å². The zero-order valence-electron chi connectivity index (χ0n) is 41.6. The van der Waals surface area contributed by atoms with Crippen molar-refractivity contribution in [3.05, 3.63) is 97.2 Å². The minimum absolute atomic E-state index is 0.0870. The SMILES string of the molecule is CC/C=C\C/C=C\C/C=C\C/C=C\C/C=C\CCCCCCCCCCCC(=O)NC(CO)C(O)/C=C/CC/C=C/CC/C=C/CCCCCCCCCCCCCCCCCC. The fraction of sp³-hybridized carbons (Fsp3) is 0.712. The van der Waals surface area contributed by atoms with Crippen LogP contribution in [0.25, 0.3) is 0 Å². The average Bonchev–Trinajstić information content (AvgIpc) is 3.29. The average molecular weight is 874 g/mol. The van der Waals surface area contributed by atoms with Crippen molar-refractivity contribution in [2.24, 2.45) is 0 Å². The first-order valence-electron chi connectivity index (χ1n) is 27.0. The highest BCUT2D eigenvalue weighted by molar-refractivity contribution is 5.76. The molecule has 0 bridgehead atoms. The molecule has 0 aliphatic rings. The molecule has 0 aromatic carbocycles. The number of allylic oxidation sites excluding steroid dienone is 15. The molecule has 0 aliphatic heterocycles. The fourth-order valence-corrected chi connectivity index (χ4v) is 7.71. The third-order valence-corrected chi connectivity index (χ3v) is 11.8. The number of nitrogens with one attached hydrogen (secondary N) is 1. The number of hydrogen-bond acceptors (Lipinski definition) is 3. The van der Waals surface area contributed by atoms with Crippen LogP contribution in [0.4, 0.5) is 0 Å². The highest BCUT2D eigenvalue weighted by Gasteiger charge is 2.17. The number of unbranched alkanes of at least 4 members (excludes halogenated alkanes) is 27. The Kier molecular flexibility index (Phi) is 51.4. The summed E-state index contributed by atoms with van der Waals surface area (Å²) in [7, 11) is 0. The molecule has 63 heavy (non-hydrogen) atoms. The number of aliphatic hydroxyl groups is 2. The van der Waals surface area contributed by atoms with Crippen molar-refractivity contribution in [3.63, 3.8) is 0 Å². The van der Waals surface area contributed by atoms with Gasteiger partial charge in [0.15, 0.2) is 0 Å². The Morgan fingerprint density at radius 2 is 0.714 bits per heavy atom. The zero-order chi connectivity index (χ0) is 45.6. The second kappa shape index (κ2) is 53.6. The van der Waals surface area contributed by atoms with E-state index in [4.69, 9.17) is 0 Å². The molecule has 3 N–H and O–H groups in total. The van der Waals surface area contributed by atoms with E-state index in [-0.39, 0.29) is 12.5 Å². The largest absolute Gasteiger partial charge is 0.394 e. The van der Waals surface area contributed by atoms with Crippen molar-refractivity contribution in [2.45, 2.75) is 264 Å². The minimum Gasteiger partial charge on any atom is -0.394 e. The summed E-state index contributed by atoms with van der Waals surface area (Å²) in [5.74, 6) is -0.0870. The van der Waals surface area contributed by atoms with Crippen LogP contribution >= 0.6 is 0 Å². The Labute approximate surface area is 392 Å². The Balaban J connectivity index is 3.63. The predicted molar refractivity (Wildman–Crippen MR) is 280 cm³/mol. The second-order valence-electron chi connectivity index (χ2n) is 17.9. The van der Waals surface area contributed by atoms with Gasteiger partial charge in [-0.2, -0.15) is 0 Å². The van der Waals surface area contributed by atoms with Crippen molar-refractivity contribution < 1.29 is 15.0 Å². The molecule has 0 saturated carbocycles. The minimum atomic E-state index is -0.880. The number of rotatable bonds is 48. The Hall–Kier alpha value is -2.69. The molecule has 362 valence electrons. The first-order valence-corrected chi connectivity index (χ1v) is 27.0. The van der Waals surface area contributed by atoms with Crippen molar-refractivity contribution in [1.29, 1.82) is 0 Å². The van der Waals surface area contributed by atoms with Crippen LogP contribution in [0.1, 0.15) is 251 Å². The zero-order valence-corrected chi connectivity index (χ0v) is 41.6. The molecule has 0 rings (SSSR count). The van der Waals surface area contributed by atoms with Gasteiger partial charge in [0.25, 0.3) is 0 Å². The van der Waals surface area contributed by atoms with Crippen LogP contribution in [0.5, 0.6) is 0 Å². The highest BCUT2D eigenvalue weighted by Crippen LogP contribution is 2.15. The van der Waals surface area contributed by atoms with E-state index >= 15 is 0 Å². The van der Waals surface area contributed by atoms with Gasteiger partial charge in [-0.25, -0.2) is 0 Å². The van der Waals surface area contributed by atoms with E-state index in [0.717, 1.165) is 77.0 Å². The summed E-state index contributed by atoms with van der Waals surface area (Å²) in [6.07, 6.45) is 79.8. The lowest BCUT2D eigenvalue weighted by atomic mass is 10.0. The van der Waals surface area contributed by atoms with Crippen molar-refractivity contribution in [1.82, 2.24) is 5.32 Å². The number of aliphatic hydroxyl groups excluding tert-OH is 2. The molecule has 0 aromatic rings. The summed E-state index contributed by atoms with van der Waals surface area (Å²) in [4.78, 5) is 12.5. The van der Waals surface area contributed by atoms with Crippen LogP contribution in [-0.4, -0.2) is 34.9 Å². The maximum Gasteiger partial charge on any atom is 0.220 e. The van der Waals surface area contributed by atoms with Crippen LogP contribution in [0.3, 0.4) is 0 Å². The van der Waals surface area contributed by atoms with Gasteiger partial charge in [-0.15, -0.1) is 0 Å². The fourth-order valence-electron chi connectivity index (χ4n) is 7.71. The van der Waals surface area contributed by atoms with Gasteiger partial charge in [-0.05, 0) is 89.9 Å². The molecular formula is C59H103NO3. The topological polar surface area (TPSA) is 69.6 Å². The van der Waals surface area contributed by atoms with Gasteiger partial charge < -0.3 is 15.5 Å². The molecule has 0 heterocycles. The van der Waals surface area contributed by atoms with E-state index in [2.05, 4.69) is 104 Å². The molecule has 2 atom stereocenters. The van der Waals surface area contributed by atoms with E-state index in [1.54, 1.807) is 6.08 Å². The summed E-state index contributed by atoms with van der Waals surface area (Å²) >= 11 is 0. The lowest BCUT2D eigenvalue weighted by Gasteiger charge is -2.19. The van der Waals surface area contributed by atoms with E-state index in [1.807, 2.05) is 6.08 Å². The van der Waals surface area contributed by atoms with E-state index in [0.29, 0.717) is 6.42 Å². The van der Waals surface area contributed by atoms with Crippen molar-refractivity contribution in [2.75, 3.05) is 6.61 Å². The molecule has 0 radical (unpaired) electrons. The molecule has 4 nitrogen and oxygen atoms in total. The molecule has 0 aromatic heterocycles. The molecule has 0 fully saturated rings. The van der Waals surface area contributed by atoms with Crippen molar-refractivity contribution >= 4 is 5.91 Å². The number of carbonyl (C=O) groups is 1. The second-order valence-corrected chi connectivity index (χ2v) is 17.9. The molecule has 4 heteroatoms. The molecule has 2 unspecified atom stereocenters. The van der Waals surface area contributed by atoms with Gasteiger partial charge in [0.2, 0.25) is 5.91 Å². The van der Waals surface area contributed by atoms with Crippen LogP contribution in [0.2, 0.25) is 0 Å². The van der Waals surface area contributed by atoms with Crippen LogP contribution < -0.4 is 5.32 Å². The van der Waals surface area contributed by atoms with Gasteiger partial charge >= 0.3 is 0 Å². The molecule has 0 aliphatic carbocycles. The third-order valence-electron chi connectivity index (χ3n) is 11.8. The first kappa shape index (κ1) is 60.3. The molecule has 0 saturated heterocycles.